The lowest BCUT2D eigenvalue weighted by atomic mass is 10.0. The molecule has 13 nitrogen and oxygen atoms in total. The Labute approximate surface area is 211 Å². The minimum Gasteiger partial charge on any atom is -0.477 e. The molecule has 2 atom stereocenters. The van der Waals surface area contributed by atoms with Crippen LogP contribution in [0.5, 0.6) is 0 Å². The monoisotopic (exact) mass is 545 g/mol. The number of carbonyl (C=O) groups is 5. The summed E-state index contributed by atoms with van der Waals surface area (Å²) in [6.07, 6.45) is -0.442. The van der Waals surface area contributed by atoms with Crippen LogP contribution in [0.4, 0.5) is 5.13 Å². The molecule has 2 aliphatic rings. The second kappa shape index (κ2) is 11.0. The van der Waals surface area contributed by atoms with Gasteiger partial charge in [-0.3, -0.25) is 24.1 Å². The van der Waals surface area contributed by atoms with Gasteiger partial charge in [-0.2, -0.15) is 0 Å². The molecule has 0 saturated carbocycles. The fourth-order valence-corrected chi connectivity index (χ4v) is 5.47. The molecular formula is C19H20ClN5O8S2. The zero-order chi connectivity index (χ0) is 25.9. The number of anilines is 1. The first kappa shape index (κ1) is 26.4. The number of oxime groups is 1. The second-order valence-electron chi connectivity index (χ2n) is 7.19. The number of amides is 2. The first-order valence-corrected chi connectivity index (χ1v) is 12.3. The van der Waals surface area contributed by atoms with Crippen molar-refractivity contribution in [3.8, 4) is 0 Å². The summed E-state index contributed by atoms with van der Waals surface area (Å²) in [7, 11) is 0. The highest BCUT2D eigenvalue weighted by Crippen LogP contribution is 2.40. The molecular weight excluding hydrogens is 526 g/mol. The van der Waals surface area contributed by atoms with Crippen molar-refractivity contribution in [3.63, 3.8) is 0 Å². The maximum Gasteiger partial charge on any atom is 0.352 e. The second-order valence-corrected chi connectivity index (χ2v) is 9.93. The number of β-lactam (4-membered cyclic amide) rings is 1. The summed E-state index contributed by atoms with van der Waals surface area (Å²) in [4.78, 5) is 70.3. The molecule has 1 saturated heterocycles. The number of aromatic nitrogens is 1. The molecule has 0 bridgehead atoms. The molecule has 16 heteroatoms. The van der Waals surface area contributed by atoms with Gasteiger partial charge in [0.1, 0.15) is 52.6 Å². The van der Waals surface area contributed by atoms with Gasteiger partial charge in [0, 0.05) is 11.3 Å². The van der Waals surface area contributed by atoms with E-state index < -0.39 is 47.4 Å². The number of fused-ring (bicyclic) bond motifs is 1. The van der Waals surface area contributed by atoms with Gasteiger partial charge in [-0.25, -0.2) is 9.78 Å². The summed E-state index contributed by atoms with van der Waals surface area (Å²) in [5.41, 5.74) is 5.20. The number of esters is 1. The minimum absolute atomic E-state index is 0.0131. The number of aliphatic carboxylic acids is 1. The zero-order valence-corrected chi connectivity index (χ0v) is 20.8. The number of thiazole rings is 1. The molecule has 4 N–H and O–H groups in total. The minimum atomic E-state index is -1.39. The number of carbonyl (C=O) groups excluding carboxylic acids is 4. The number of hydrogen-bond donors (Lipinski definition) is 3. The molecule has 3 rings (SSSR count). The number of nitrogens with two attached hydrogens (primary N) is 1. The van der Waals surface area contributed by atoms with E-state index in [1.54, 1.807) is 6.92 Å². The molecule has 2 amide bonds. The Morgan fingerprint density at radius 3 is 2.66 bits per heavy atom. The summed E-state index contributed by atoms with van der Waals surface area (Å²) in [5.74, 6) is -3.97. The van der Waals surface area contributed by atoms with E-state index in [0.717, 1.165) is 16.2 Å². The van der Waals surface area contributed by atoms with E-state index in [2.05, 4.69) is 15.5 Å². The van der Waals surface area contributed by atoms with Crippen LogP contribution in [-0.2, 0) is 33.5 Å². The Morgan fingerprint density at radius 2 is 2.09 bits per heavy atom. The molecule has 2 aliphatic heterocycles. The molecule has 1 aromatic rings. The highest BCUT2D eigenvalue weighted by molar-refractivity contribution is 8.00. The molecule has 1 aromatic heterocycles. The van der Waals surface area contributed by atoms with E-state index in [9.17, 15) is 29.1 Å². The van der Waals surface area contributed by atoms with Crippen molar-refractivity contribution in [2.24, 2.45) is 5.16 Å². The van der Waals surface area contributed by atoms with Crippen molar-refractivity contribution in [1.82, 2.24) is 15.2 Å². The van der Waals surface area contributed by atoms with Crippen molar-refractivity contribution in [3.05, 3.63) is 21.3 Å². The molecule has 1 fully saturated rings. The van der Waals surface area contributed by atoms with Crippen LogP contribution in [-0.4, -0.2) is 80.6 Å². The van der Waals surface area contributed by atoms with Crippen LogP contribution in [0.3, 0.4) is 0 Å². The molecule has 0 unspecified atom stereocenters. The van der Waals surface area contributed by atoms with Gasteiger partial charge < -0.3 is 25.7 Å². The third-order valence-electron chi connectivity index (χ3n) is 4.66. The van der Waals surface area contributed by atoms with Crippen molar-refractivity contribution >= 4 is 75.1 Å². The molecule has 0 radical (unpaired) electrons. The number of rotatable bonds is 10. The Morgan fingerprint density at radius 1 is 1.37 bits per heavy atom. The van der Waals surface area contributed by atoms with Gasteiger partial charge in [-0.15, -0.1) is 11.8 Å². The van der Waals surface area contributed by atoms with E-state index in [1.165, 1.54) is 18.7 Å². The number of nitrogen functional groups attached to an aromatic ring is 1. The number of carboxylic acid groups (broad SMARTS) is 1. The maximum atomic E-state index is 12.9. The first-order chi connectivity index (χ1) is 16.5. The predicted molar refractivity (Wildman–Crippen MR) is 126 cm³/mol. The quantitative estimate of drug-likeness (QED) is 0.121. The number of ether oxygens (including phenoxy) is 1. The fourth-order valence-electron chi connectivity index (χ4n) is 3.21. The molecule has 3 heterocycles. The smallest absolute Gasteiger partial charge is 0.352 e. The van der Waals surface area contributed by atoms with Crippen molar-refractivity contribution in [2.45, 2.75) is 31.7 Å². The van der Waals surface area contributed by atoms with Crippen LogP contribution in [0, 0.1) is 0 Å². The Kier molecular flexibility index (Phi) is 8.34. The number of Topliss-reactive ketones (excluding diaryl/α,β-unsaturated/α-hetero) is 1. The fraction of sp³-hybridized carbons (Fsp3) is 0.421. The number of hydrogen-bond acceptors (Lipinski definition) is 12. The summed E-state index contributed by atoms with van der Waals surface area (Å²) < 4.78 is 5.08. The standard InChI is InChI=1S/C19H20ClN5O8S2/c1-3-33-24-11(10-14(20)35-19(21)23-10)15(28)22-12-16(29)25-13(18(30)31)8(6-34-17(12)25)5-32-9(27)4-7(2)26/h12,17H,3-6H2,1-2H3,(H2,21,23)(H,22,28)(H,30,31)/b24-11-/t12-,17+/m1/s1. The summed E-state index contributed by atoms with van der Waals surface area (Å²) in [6.45, 7) is 2.63. The van der Waals surface area contributed by atoms with E-state index in [-0.39, 0.29) is 51.1 Å². The van der Waals surface area contributed by atoms with Gasteiger partial charge in [-0.1, -0.05) is 28.1 Å². The van der Waals surface area contributed by atoms with Crippen LogP contribution in [0.2, 0.25) is 4.34 Å². The summed E-state index contributed by atoms with van der Waals surface area (Å²) >= 11 is 8.19. The highest BCUT2D eigenvalue weighted by Gasteiger charge is 2.54. The van der Waals surface area contributed by atoms with Gasteiger partial charge in [-0.05, 0) is 13.8 Å². The van der Waals surface area contributed by atoms with Crippen LogP contribution in [0.1, 0.15) is 26.0 Å². The summed E-state index contributed by atoms with van der Waals surface area (Å²) in [5, 5.41) is 15.3. The molecule has 0 aliphatic carbocycles. The van der Waals surface area contributed by atoms with Gasteiger partial charge in [0.25, 0.3) is 11.8 Å². The van der Waals surface area contributed by atoms with Crippen LogP contribution in [0.25, 0.3) is 0 Å². The largest absolute Gasteiger partial charge is 0.477 e. The SMILES string of the molecule is CCO/N=C(\C(=O)N[C@@H]1C(=O)N2C(C(=O)O)=C(COC(=O)CC(C)=O)CS[C@@H]12)c1nc(N)sc1Cl. The Hall–Kier alpha value is -3.17. The van der Waals surface area contributed by atoms with E-state index in [0.29, 0.717) is 0 Å². The van der Waals surface area contributed by atoms with Gasteiger partial charge in [0.2, 0.25) is 0 Å². The van der Waals surface area contributed by atoms with Crippen molar-refractivity contribution < 1.29 is 38.7 Å². The van der Waals surface area contributed by atoms with E-state index in [4.69, 9.17) is 26.9 Å². The van der Waals surface area contributed by atoms with Crippen LogP contribution in [0.15, 0.2) is 16.4 Å². The van der Waals surface area contributed by atoms with E-state index >= 15 is 0 Å². The number of ketones is 1. The normalized spacial score (nSPS) is 19.6. The predicted octanol–water partition coefficient (Wildman–Crippen LogP) is 0.380. The van der Waals surface area contributed by atoms with Crippen molar-refractivity contribution in [2.75, 3.05) is 24.7 Å². The maximum absolute atomic E-state index is 12.9. The number of nitrogens with one attached hydrogen (secondary N) is 1. The molecule has 0 aromatic carbocycles. The Bertz CT molecular complexity index is 1150. The van der Waals surface area contributed by atoms with E-state index in [1.807, 2.05) is 0 Å². The Balaban J connectivity index is 1.76. The zero-order valence-electron chi connectivity index (χ0n) is 18.4. The van der Waals surface area contributed by atoms with Gasteiger partial charge in [0.15, 0.2) is 10.8 Å². The van der Waals surface area contributed by atoms with Crippen LogP contribution < -0.4 is 11.1 Å². The number of thioether (sulfide) groups is 1. The average Bonchev–Trinajstić information content (AvgIpc) is 3.12. The number of halogens is 1. The molecule has 188 valence electrons. The molecule has 35 heavy (non-hydrogen) atoms. The summed E-state index contributed by atoms with van der Waals surface area (Å²) in [6, 6.07) is -1.06. The number of nitrogens with zero attached hydrogens (tertiary/aromatic N) is 3. The lowest BCUT2D eigenvalue weighted by Gasteiger charge is -2.49. The molecule has 0 spiro atoms. The van der Waals surface area contributed by atoms with Gasteiger partial charge in [0.05, 0.1) is 0 Å². The van der Waals surface area contributed by atoms with Gasteiger partial charge >= 0.3 is 11.9 Å². The lowest BCUT2D eigenvalue weighted by molar-refractivity contribution is -0.150. The third kappa shape index (κ3) is 5.74. The topological polar surface area (TPSA) is 191 Å². The lowest BCUT2D eigenvalue weighted by Crippen LogP contribution is -2.71. The average molecular weight is 546 g/mol. The third-order valence-corrected chi connectivity index (χ3v) is 7.09. The highest BCUT2D eigenvalue weighted by atomic mass is 35.5. The first-order valence-electron chi connectivity index (χ1n) is 10.0. The number of carboxylic acids is 1. The van der Waals surface area contributed by atoms with Crippen molar-refractivity contribution in [1.29, 1.82) is 0 Å². The van der Waals surface area contributed by atoms with Crippen LogP contribution >= 0.6 is 34.7 Å².